The molecule has 0 N–H and O–H groups in total. The van der Waals surface area contributed by atoms with Crippen LogP contribution in [0.5, 0.6) is 0 Å². The summed E-state index contributed by atoms with van der Waals surface area (Å²) >= 11 is 3.50. The molecule has 0 aliphatic rings. The summed E-state index contributed by atoms with van der Waals surface area (Å²) in [4.78, 5) is 0. The lowest BCUT2D eigenvalue weighted by atomic mass is 9.83. The number of hydrogen-bond acceptors (Lipinski definition) is 0. The minimum absolute atomic E-state index is 0.0935. The van der Waals surface area contributed by atoms with Crippen LogP contribution in [0.4, 0.5) is 4.39 Å². The summed E-state index contributed by atoms with van der Waals surface area (Å²) in [5.41, 5.74) is 1.40. The summed E-state index contributed by atoms with van der Waals surface area (Å²) in [5, 5.41) is 6.29. The van der Waals surface area contributed by atoms with Crippen LogP contribution in [0, 0.1) is 5.82 Å². The fourth-order valence-corrected chi connectivity index (χ4v) is 3.80. The molecular weight excluding hydrogens is 339 g/mol. The van der Waals surface area contributed by atoms with Gasteiger partial charge in [-0.2, -0.15) is 0 Å². The molecule has 0 aromatic heterocycles. The Balaban J connectivity index is 2.27. The maximum absolute atomic E-state index is 14.3. The molecule has 0 spiro atoms. The minimum Gasteiger partial charge on any atom is -0.206 e. The molecule has 0 nitrogen and oxygen atoms in total. The smallest absolute Gasteiger partial charge is 0.132 e. The monoisotopic (exact) mass is 354 g/mol. The first-order valence-electron chi connectivity index (χ1n) is 7.43. The van der Waals surface area contributed by atoms with Gasteiger partial charge in [0.1, 0.15) is 5.82 Å². The van der Waals surface area contributed by atoms with Gasteiger partial charge in [-0.25, -0.2) is 4.39 Å². The molecule has 0 saturated carbocycles. The van der Waals surface area contributed by atoms with Gasteiger partial charge in [-0.15, -0.1) is 0 Å². The van der Waals surface area contributed by atoms with Crippen molar-refractivity contribution in [2.24, 2.45) is 0 Å². The third kappa shape index (κ3) is 1.87. The molecule has 0 aliphatic heterocycles. The van der Waals surface area contributed by atoms with E-state index in [1.54, 1.807) is 6.07 Å². The standard InChI is InChI=1S/C20H16BrF/c1-20(2,3)13-8-11-4-6-14-16(21)10-17(22)15-7-5-12(9-13)18(11)19(14)15/h4-10H,1-3H3. The maximum Gasteiger partial charge on any atom is 0.132 e. The highest BCUT2D eigenvalue weighted by molar-refractivity contribution is 9.10. The predicted octanol–water partition coefficient (Wildman–Crippen LogP) is 6.78. The molecular formula is C20H16BrF. The summed E-state index contributed by atoms with van der Waals surface area (Å²) in [7, 11) is 0. The number of hydrogen-bond donors (Lipinski definition) is 0. The second-order valence-corrected chi connectivity index (χ2v) is 7.84. The van der Waals surface area contributed by atoms with E-state index in [9.17, 15) is 4.39 Å². The molecule has 4 aromatic rings. The van der Waals surface area contributed by atoms with E-state index in [2.05, 4.69) is 61.0 Å². The van der Waals surface area contributed by atoms with Crippen molar-refractivity contribution in [1.29, 1.82) is 0 Å². The first-order valence-corrected chi connectivity index (χ1v) is 8.22. The Morgan fingerprint density at radius 3 is 2.00 bits per heavy atom. The normalized spacial score (nSPS) is 12.8. The Hall–Kier alpha value is -1.67. The number of halogens is 2. The van der Waals surface area contributed by atoms with Gasteiger partial charge in [-0.05, 0) is 38.6 Å². The van der Waals surface area contributed by atoms with E-state index in [1.165, 1.54) is 16.3 Å². The van der Waals surface area contributed by atoms with Crippen LogP contribution in [0.15, 0.2) is 46.9 Å². The fourth-order valence-electron chi connectivity index (χ4n) is 3.26. The Morgan fingerprint density at radius 1 is 0.818 bits per heavy atom. The Morgan fingerprint density at radius 2 is 1.41 bits per heavy atom. The molecule has 0 fully saturated rings. The lowest BCUT2D eigenvalue weighted by Gasteiger charge is -2.21. The first kappa shape index (κ1) is 14.0. The van der Waals surface area contributed by atoms with Crippen molar-refractivity contribution in [3.05, 3.63) is 58.3 Å². The van der Waals surface area contributed by atoms with Crippen LogP contribution in [-0.2, 0) is 5.41 Å². The van der Waals surface area contributed by atoms with E-state index in [4.69, 9.17) is 0 Å². The van der Waals surface area contributed by atoms with Gasteiger partial charge in [-0.3, -0.25) is 0 Å². The van der Waals surface area contributed by atoms with Crippen LogP contribution in [-0.4, -0.2) is 0 Å². The van der Waals surface area contributed by atoms with Crippen molar-refractivity contribution in [3.8, 4) is 0 Å². The minimum atomic E-state index is -0.173. The third-order valence-corrected chi connectivity index (χ3v) is 5.14. The van der Waals surface area contributed by atoms with Gasteiger partial charge in [-0.1, -0.05) is 73.1 Å². The van der Waals surface area contributed by atoms with E-state index in [0.29, 0.717) is 5.39 Å². The van der Waals surface area contributed by atoms with Crippen molar-refractivity contribution in [3.63, 3.8) is 0 Å². The highest BCUT2D eigenvalue weighted by Gasteiger charge is 2.18. The Labute approximate surface area is 137 Å². The molecule has 0 radical (unpaired) electrons. The van der Waals surface area contributed by atoms with Gasteiger partial charge in [0.05, 0.1) is 0 Å². The molecule has 0 amide bonds. The molecule has 4 aromatic carbocycles. The van der Waals surface area contributed by atoms with E-state index in [0.717, 1.165) is 20.6 Å². The molecule has 22 heavy (non-hydrogen) atoms. The predicted molar refractivity (Wildman–Crippen MR) is 96.5 cm³/mol. The number of benzene rings is 4. The van der Waals surface area contributed by atoms with E-state index in [1.807, 2.05) is 12.1 Å². The van der Waals surface area contributed by atoms with Gasteiger partial charge < -0.3 is 0 Å². The molecule has 0 unspecified atom stereocenters. The quantitative estimate of drug-likeness (QED) is 0.305. The van der Waals surface area contributed by atoms with Crippen molar-refractivity contribution in [1.82, 2.24) is 0 Å². The molecule has 0 bridgehead atoms. The van der Waals surface area contributed by atoms with E-state index in [-0.39, 0.29) is 11.2 Å². The Bertz CT molecular complexity index is 955. The lowest BCUT2D eigenvalue weighted by molar-refractivity contribution is 0.591. The van der Waals surface area contributed by atoms with Crippen LogP contribution in [0.3, 0.4) is 0 Å². The zero-order chi connectivity index (χ0) is 15.6. The van der Waals surface area contributed by atoms with Crippen LogP contribution in [0.2, 0.25) is 0 Å². The lowest BCUT2D eigenvalue weighted by Crippen LogP contribution is -2.10. The number of rotatable bonds is 0. The van der Waals surface area contributed by atoms with E-state index >= 15 is 0 Å². The van der Waals surface area contributed by atoms with Crippen LogP contribution in [0.25, 0.3) is 32.3 Å². The van der Waals surface area contributed by atoms with Gasteiger partial charge in [0, 0.05) is 15.2 Å². The topological polar surface area (TPSA) is 0 Å². The highest BCUT2D eigenvalue weighted by atomic mass is 79.9. The summed E-state index contributed by atoms with van der Waals surface area (Å²) in [5.74, 6) is -0.173. The Kier molecular flexibility index (Phi) is 2.80. The molecule has 0 saturated heterocycles. The van der Waals surface area contributed by atoms with Crippen LogP contribution >= 0.6 is 15.9 Å². The summed E-state index contributed by atoms with van der Waals surface area (Å²) in [6.45, 7) is 6.66. The van der Waals surface area contributed by atoms with Crippen LogP contribution in [0.1, 0.15) is 26.3 Å². The average molecular weight is 355 g/mol. The molecule has 2 heteroatoms. The summed E-state index contributed by atoms with van der Waals surface area (Å²) < 4.78 is 15.1. The zero-order valence-electron chi connectivity index (χ0n) is 12.8. The SMILES string of the molecule is CC(C)(C)c1cc2ccc3c(F)cc(Br)c4ccc(c1)c2c34. The van der Waals surface area contributed by atoms with Crippen molar-refractivity contribution < 1.29 is 4.39 Å². The largest absolute Gasteiger partial charge is 0.206 e. The first-order chi connectivity index (χ1) is 10.4. The highest BCUT2D eigenvalue weighted by Crippen LogP contribution is 2.40. The second kappa shape index (κ2) is 4.42. The van der Waals surface area contributed by atoms with Crippen LogP contribution < -0.4 is 0 Å². The van der Waals surface area contributed by atoms with Crippen molar-refractivity contribution in [2.75, 3.05) is 0 Å². The van der Waals surface area contributed by atoms with Gasteiger partial charge in [0.2, 0.25) is 0 Å². The van der Waals surface area contributed by atoms with Crippen molar-refractivity contribution in [2.45, 2.75) is 26.2 Å². The third-order valence-electron chi connectivity index (χ3n) is 4.48. The average Bonchev–Trinajstić information content (AvgIpc) is 2.45. The zero-order valence-corrected chi connectivity index (χ0v) is 14.4. The molecule has 110 valence electrons. The van der Waals surface area contributed by atoms with Gasteiger partial charge in [0.15, 0.2) is 0 Å². The fraction of sp³-hybridized carbons (Fsp3) is 0.200. The second-order valence-electron chi connectivity index (χ2n) is 6.99. The summed E-state index contributed by atoms with van der Waals surface area (Å²) in [6, 6.07) is 14.2. The molecule has 4 rings (SSSR count). The summed E-state index contributed by atoms with van der Waals surface area (Å²) in [6.07, 6.45) is 0. The van der Waals surface area contributed by atoms with E-state index < -0.39 is 0 Å². The molecule has 0 atom stereocenters. The van der Waals surface area contributed by atoms with Gasteiger partial charge in [0.25, 0.3) is 0 Å². The molecule has 0 heterocycles. The van der Waals surface area contributed by atoms with Crippen molar-refractivity contribution >= 4 is 48.2 Å². The van der Waals surface area contributed by atoms with Gasteiger partial charge >= 0.3 is 0 Å². The maximum atomic E-state index is 14.3. The molecule has 0 aliphatic carbocycles.